The Kier molecular flexibility index (Phi) is 2.96. The van der Waals surface area contributed by atoms with Crippen molar-refractivity contribution in [1.29, 1.82) is 0 Å². The molecule has 1 rings (SSSR count). The van der Waals surface area contributed by atoms with Gasteiger partial charge >= 0.3 is 0 Å². The molecule has 76 valence electrons. The van der Waals surface area contributed by atoms with Gasteiger partial charge in [0.15, 0.2) is 0 Å². The molecule has 13 heavy (non-hydrogen) atoms. The molecule has 0 aromatic heterocycles. The lowest BCUT2D eigenvalue weighted by atomic mass is 9.81. The van der Waals surface area contributed by atoms with E-state index in [0.717, 1.165) is 26.2 Å². The molecule has 1 saturated heterocycles. The molecular weight excluding hydrogens is 164 g/mol. The van der Waals surface area contributed by atoms with E-state index in [-0.39, 0.29) is 5.91 Å². The smallest absolute Gasteiger partial charge is 0.219 e. The molecule has 0 spiro atoms. The summed E-state index contributed by atoms with van der Waals surface area (Å²) in [6.45, 7) is 10.3. The average molecular weight is 184 g/mol. The van der Waals surface area contributed by atoms with E-state index in [0.29, 0.717) is 5.41 Å². The lowest BCUT2D eigenvalue weighted by molar-refractivity contribution is -0.130. The van der Waals surface area contributed by atoms with E-state index in [2.05, 4.69) is 18.7 Å². The average Bonchev–Trinajstić information content (AvgIpc) is 1.99. The normalized spacial score (nSPS) is 20.9. The number of rotatable bonds is 3. The second-order valence-corrected chi connectivity index (χ2v) is 4.49. The SMILES string of the molecule is CCN1CC(C)(CN(C)C(C)=O)C1. The first-order valence-corrected chi connectivity index (χ1v) is 4.91. The van der Waals surface area contributed by atoms with Crippen molar-refractivity contribution in [3.05, 3.63) is 0 Å². The number of likely N-dealkylation sites (tertiary alicyclic amines) is 1. The van der Waals surface area contributed by atoms with Gasteiger partial charge in [0, 0.05) is 39.0 Å². The fraction of sp³-hybridized carbons (Fsp3) is 0.900. The van der Waals surface area contributed by atoms with Crippen LogP contribution >= 0.6 is 0 Å². The predicted molar refractivity (Wildman–Crippen MR) is 53.5 cm³/mol. The van der Waals surface area contributed by atoms with Gasteiger partial charge in [0.25, 0.3) is 0 Å². The van der Waals surface area contributed by atoms with Gasteiger partial charge in [-0.3, -0.25) is 4.79 Å². The van der Waals surface area contributed by atoms with Crippen LogP contribution in [-0.2, 0) is 4.79 Å². The van der Waals surface area contributed by atoms with E-state index in [1.165, 1.54) is 0 Å². The van der Waals surface area contributed by atoms with Crippen LogP contribution in [0.5, 0.6) is 0 Å². The Morgan fingerprint density at radius 2 is 2.08 bits per heavy atom. The Morgan fingerprint density at radius 1 is 1.54 bits per heavy atom. The molecule has 0 aromatic rings. The first kappa shape index (κ1) is 10.5. The van der Waals surface area contributed by atoms with Gasteiger partial charge < -0.3 is 9.80 Å². The zero-order valence-electron chi connectivity index (χ0n) is 9.13. The molecule has 0 N–H and O–H groups in total. The van der Waals surface area contributed by atoms with Gasteiger partial charge in [-0.25, -0.2) is 0 Å². The zero-order chi connectivity index (χ0) is 10.1. The molecule has 0 unspecified atom stereocenters. The third kappa shape index (κ3) is 2.44. The molecule has 3 heteroatoms. The molecule has 1 fully saturated rings. The van der Waals surface area contributed by atoms with Crippen molar-refractivity contribution in [2.24, 2.45) is 5.41 Å². The van der Waals surface area contributed by atoms with Gasteiger partial charge in [0.05, 0.1) is 0 Å². The topological polar surface area (TPSA) is 23.6 Å². The van der Waals surface area contributed by atoms with E-state index >= 15 is 0 Å². The lowest BCUT2D eigenvalue weighted by Crippen LogP contribution is -2.59. The van der Waals surface area contributed by atoms with Crippen molar-refractivity contribution in [2.75, 3.05) is 33.2 Å². The van der Waals surface area contributed by atoms with Crippen molar-refractivity contribution in [1.82, 2.24) is 9.80 Å². The third-order valence-electron chi connectivity index (χ3n) is 2.81. The highest BCUT2D eigenvalue weighted by Gasteiger charge is 2.38. The van der Waals surface area contributed by atoms with Crippen LogP contribution in [0.2, 0.25) is 0 Å². The number of amides is 1. The van der Waals surface area contributed by atoms with Gasteiger partial charge in [-0.1, -0.05) is 13.8 Å². The lowest BCUT2D eigenvalue weighted by Gasteiger charge is -2.49. The summed E-state index contributed by atoms with van der Waals surface area (Å²) in [5.41, 5.74) is 0.330. The summed E-state index contributed by atoms with van der Waals surface area (Å²) in [5, 5.41) is 0. The van der Waals surface area contributed by atoms with Crippen LogP contribution in [0, 0.1) is 5.41 Å². The number of nitrogens with zero attached hydrogens (tertiary/aromatic N) is 2. The summed E-state index contributed by atoms with van der Waals surface area (Å²) >= 11 is 0. The maximum absolute atomic E-state index is 11.0. The fourth-order valence-corrected chi connectivity index (χ4v) is 2.04. The first-order chi connectivity index (χ1) is 5.97. The van der Waals surface area contributed by atoms with Gasteiger partial charge in [-0.2, -0.15) is 0 Å². The fourth-order valence-electron chi connectivity index (χ4n) is 2.04. The minimum atomic E-state index is 0.163. The third-order valence-corrected chi connectivity index (χ3v) is 2.81. The minimum absolute atomic E-state index is 0.163. The summed E-state index contributed by atoms with van der Waals surface area (Å²) in [6.07, 6.45) is 0. The number of carbonyl (C=O) groups excluding carboxylic acids is 1. The van der Waals surface area contributed by atoms with Crippen molar-refractivity contribution in [3.8, 4) is 0 Å². The van der Waals surface area contributed by atoms with Gasteiger partial charge in [0.1, 0.15) is 0 Å². The standard InChI is InChI=1S/C10H20N2O/c1-5-12-7-10(3,8-12)6-11(4)9(2)13/h5-8H2,1-4H3. The van der Waals surface area contributed by atoms with Crippen LogP contribution < -0.4 is 0 Å². The van der Waals surface area contributed by atoms with Gasteiger partial charge in [-0.15, -0.1) is 0 Å². The van der Waals surface area contributed by atoms with E-state index in [1.807, 2.05) is 11.9 Å². The minimum Gasteiger partial charge on any atom is -0.345 e. The molecular formula is C10H20N2O. The first-order valence-electron chi connectivity index (χ1n) is 4.91. The van der Waals surface area contributed by atoms with E-state index in [4.69, 9.17) is 0 Å². The Bertz CT molecular complexity index is 197. The van der Waals surface area contributed by atoms with Crippen molar-refractivity contribution in [2.45, 2.75) is 20.8 Å². The highest BCUT2D eigenvalue weighted by molar-refractivity contribution is 5.72. The van der Waals surface area contributed by atoms with Crippen molar-refractivity contribution >= 4 is 5.91 Å². The molecule has 1 aliphatic rings. The number of carbonyl (C=O) groups is 1. The van der Waals surface area contributed by atoms with Crippen molar-refractivity contribution in [3.63, 3.8) is 0 Å². The Morgan fingerprint density at radius 3 is 2.46 bits per heavy atom. The predicted octanol–water partition coefficient (Wildman–Crippen LogP) is 0.806. The quantitative estimate of drug-likeness (QED) is 0.648. The monoisotopic (exact) mass is 184 g/mol. The summed E-state index contributed by atoms with van der Waals surface area (Å²) in [4.78, 5) is 15.2. The molecule has 0 atom stereocenters. The van der Waals surface area contributed by atoms with E-state index in [1.54, 1.807) is 6.92 Å². The summed E-state index contributed by atoms with van der Waals surface area (Å²) < 4.78 is 0. The van der Waals surface area contributed by atoms with Crippen LogP contribution in [-0.4, -0.2) is 48.9 Å². The zero-order valence-corrected chi connectivity index (χ0v) is 9.13. The maximum atomic E-state index is 11.0. The summed E-state index contributed by atoms with van der Waals surface area (Å²) in [5.74, 6) is 0.163. The molecule has 0 bridgehead atoms. The largest absolute Gasteiger partial charge is 0.345 e. The van der Waals surface area contributed by atoms with Crippen LogP contribution in [0.15, 0.2) is 0 Å². The molecule has 1 heterocycles. The molecule has 0 aliphatic carbocycles. The number of hydrogen-bond donors (Lipinski definition) is 0. The van der Waals surface area contributed by atoms with Crippen LogP contribution in [0.1, 0.15) is 20.8 Å². The molecule has 1 amide bonds. The summed E-state index contributed by atoms with van der Waals surface area (Å²) in [6, 6.07) is 0. The highest BCUT2D eigenvalue weighted by Crippen LogP contribution is 2.29. The molecule has 0 saturated carbocycles. The Labute approximate surface area is 80.7 Å². The van der Waals surface area contributed by atoms with E-state index < -0.39 is 0 Å². The van der Waals surface area contributed by atoms with Gasteiger partial charge in [-0.05, 0) is 6.54 Å². The molecule has 0 radical (unpaired) electrons. The van der Waals surface area contributed by atoms with Gasteiger partial charge in [0.2, 0.25) is 5.91 Å². The second-order valence-electron chi connectivity index (χ2n) is 4.49. The van der Waals surface area contributed by atoms with Crippen LogP contribution in [0.4, 0.5) is 0 Å². The Hall–Kier alpha value is -0.570. The van der Waals surface area contributed by atoms with Crippen LogP contribution in [0.25, 0.3) is 0 Å². The van der Waals surface area contributed by atoms with Crippen molar-refractivity contribution < 1.29 is 4.79 Å². The number of hydrogen-bond acceptors (Lipinski definition) is 2. The molecule has 3 nitrogen and oxygen atoms in total. The van der Waals surface area contributed by atoms with E-state index in [9.17, 15) is 4.79 Å². The maximum Gasteiger partial charge on any atom is 0.219 e. The second kappa shape index (κ2) is 3.66. The highest BCUT2D eigenvalue weighted by atomic mass is 16.2. The van der Waals surface area contributed by atoms with Crippen LogP contribution in [0.3, 0.4) is 0 Å². The molecule has 1 aliphatic heterocycles. The molecule has 0 aromatic carbocycles. The summed E-state index contributed by atoms with van der Waals surface area (Å²) in [7, 11) is 1.88. The Balaban J connectivity index is 2.34.